The molecule has 0 radical (unpaired) electrons. The fraction of sp³-hybridized carbons (Fsp3) is 0.278. The van der Waals surface area contributed by atoms with Crippen LogP contribution in [0.25, 0.3) is 0 Å². The van der Waals surface area contributed by atoms with E-state index in [2.05, 4.69) is 5.32 Å². The SMILES string of the molecule is COc1ccc([C@](N)(CP(=O)(O)O)N[C@H](C=O)Cc2ccc(O)cc2)cc1. The van der Waals surface area contributed by atoms with Gasteiger partial charge in [-0.05, 0) is 41.8 Å². The standard InChI is InChI=1S/C18H23N2O6P/c1-26-17-8-4-14(5-9-17)18(19,12-27(23,24)25)20-15(11-21)10-13-2-6-16(22)7-3-13/h2-9,11,15,20,22H,10,12,19H2,1H3,(H2,23,24,25)/t15-,18-/m0/s1. The highest BCUT2D eigenvalue weighted by atomic mass is 31.2. The van der Waals surface area contributed by atoms with Gasteiger partial charge in [-0.2, -0.15) is 0 Å². The van der Waals surface area contributed by atoms with Crippen LogP contribution in [0.3, 0.4) is 0 Å². The van der Waals surface area contributed by atoms with Crippen molar-refractivity contribution in [2.75, 3.05) is 13.3 Å². The van der Waals surface area contributed by atoms with Crippen LogP contribution in [0.1, 0.15) is 11.1 Å². The Balaban J connectivity index is 2.29. The summed E-state index contributed by atoms with van der Waals surface area (Å²) in [5.74, 6) is 0.663. The molecule has 0 spiro atoms. The van der Waals surface area contributed by atoms with E-state index in [0.29, 0.717) is 17.6 Å². The molecule has 27 heavy (non-hydrogen) atoms. The van der Waals surface area contributed by atoms with Gasteiger partial charge in [0.15, 0.2) is 0 Å². The Morgan fingerprint density at radius 3 is 2.26 bits per heavy atom. The summed E-state index contributed by atoms with van der Waals surface area (Å²) in [5, 5.41) is 12.2. The van der Waals surface area contributed by atoms with Gasteiger partial charge >= 0.3 is 7.60 Å². The quantitative estimate of drug-likeness (QED) is 0.242. The van der Waals surface area contributed by atoms with E-state index in [1.807, 2.05) is 0 Å². The van der Waals surface area contributed by atoms with Crippen LogP contribution in [-0.2, 0) is 21.4 Å². The number of phenolic OH excluding ortho intramolecular Hbond substituents is 1. The zero-order valence-corrected chi connectivity index (χ0v) is 15.7. The average Bonchev–Trinajstić information content (AvgIpc) is 2.61. The maximum atomic E-state index is 11.6. The molecule has 0 bridgehead atoms. The van der Waals surface area contributed by atoms with Gasteiger partial charge in [0.2, 0.25) is 0 Å². The lowest BCUT2D eigenvalue weighted by Crippen LogP contribution is -2.58. The Kier molecular flexibility index (Phi) is 6.75. The van der Waals surface area contributed by atoms with E-state index in [0.717, 1.165) is 5.56 Å². The molecule has 2 aromatic rings. The molecule has 0 aliphatic heterocycles. The third-order valence-corrected chi connectivity index (χ3v) is 4.97. The van der Waals surface area contributed by atoms with Crippen LogP contribution in [0.2, 0.25) is 0 Å². The molecule has 2 rings (SSSR count). The number of aromatic hydroxyl groups is 1. The number of rotatable bonds is 9. The van der Waals surface area contributed by atoms with Crippen molar-refractivity contribution in [2.45, 2.75) is 18.1 Å². The molecule has 6 N–H and O–H groups in total. The highest BCUT2D eigenvalue weighted by molar-refractivity contribution is 7.51. The molecule has 0 saturated carbocycles. The summed E-state index contributed by atoms with van der Waals surface area (Å²) in [5.41, 5.74) is 5.84. The molecule has 0 fully saturated rings. The van der Waals surface area contributed by atoms with Crippen molar-refractivity contribution in [3.8, 4) is 11.5 Å². The van der Waals surface area contributed by atoms with E-state index in [4.69, 9.17) is 10.5 Å². The first-order valence-corrected chi connectivity index (χ1v) is 9.94. The van der Waals surface area contributed by atoms with Gasteiger partial charge in [-0.3, -0.25) is 9.88 Å². The van der Waals surface area contributed by atoms with Crippen molar-refractivity contribution in [1.82, 2.24) is 5.32 Å². The zero-order chi connectivity index (χ0) is 20.1. The minimum atomic E-state index is -4.49. The van der Waals surface area contributed by atoms with Gasteiger partial charge in [-0.1, -0.05) is 24.3 Å². The molecule has 0 aromatic heterocycles. The van der Waals surface area contributed by atoms with Gasteiger partial charge in [0.1, 0.15) is 23.4 Å². The van der Waals surface area contributed by atoms with Gasteiger partial charge in [-0.15, -0.1) is 0 Å². The van der Waals surface area contributed by atoms with Crippen LogP contribution < -0.4 is 15.8 Å². The maximum absolute atomic E-state index is 11.6. The number of benzene rings is 2. The molecular weight excluding hydrogens is 371 g/mol. The molecule has 0 aliphatic rings. The first-order valence-electron chi connectivity index (χ1n) is 8.14. The Hall–Kier alpha value is -2.22. The molecule has 8 nitrogen and oxygen atoms in total. The number of methoxy groups -OCH3 is 1. The summed E-state index contributed by atoms with van der Waals surface area (Å²) >= 11 is 0. The number of carbonyl (C=O) groups is 1. The summed E-state index contributed by atoms with van der Waals surface area (Å²) in [4.78, 5) is 30.5. The topological polar surface area (TPSA) is 142 Å². The maximum Gasteiger partial charge on any atom is 0.329 e. The summed E-state index contributed by atoms with van der Waals surface area (Å²) in [7, 11) is -3.00. The van der Waals surface area contributed by atoms with Crippen molar-refractivity contribution >= 4 is 13.9 Å². The molecule has 0 unspecified atom stereocenters. The summed E-state index contributed by atoms with van der Waals surface area (Å²) in [6.07, 6.45) is 0.184. The van der Waals surface area contributed by atoms with E-state index >= 15 is 0 Å². The van der Waals surface area contributed by atoms with E-state index in [-0.39, 0.29) is 12.2 Å². The molecule has 0 heterocycles. The zero-order valence-electron chi connectivity index (χ0n) is 14.8. The fourth-order valence-corrected chi connectivity index (χ4v) is 3.71. The predicted molar refractivity (Wildman–Crippen MR) is 101 cm³/mol. The number of nitrogens with two attached hydrogens (primary N) is 1. The molecule has 146 valence electrons. The van der Waals surface area contributed by atoms with Crippen molar-refractivity contribution in [3.63, 3.8) is 0 Å². The summed E-state index contributed by atoms with van der Waals surface area (Å²) in [6, 6.07) is 11.9. The smallest absolute Gasteiger partial charge is 0.329 e. The van der Waals surface area contributed by atoms with E-state index in [1.165, 1.54) is 19.2 Å². The Labute approximate surface area is 157 Å². The van der Waals surface area contributed by atoms with E-state index in [1.54, 1.807) is 36.4 Å². The number of hydrogen-bond donors (Lipinski definition) is 5. The molecule has 0 saturated heterocycles. The molecule has 0 aliphatic carbocycles. The summed E-state index contributed by atoms with van der Waals surface area (Å²) in [6.45, 7) is 0. The third kappa shape index (κ3) is 6.16. The van der Waals surface area contributed by atoms with Crippen LogP contribution in [0.15, 0.2) is 48.5 Å². The second-order valence-electron chi connectivity index (χ2n) is 6.28. The number of ether oxygens (including phenoxy) is 1. The lowest BCUT2D eigenvalue weighted by molar-refractivity contribution is -0.110. The number of nitrogens with one attached hydrogen (secondary N) is 1. The van der Waals surface area contributed by atoms with Crippen LogP contribution in [0, 0.1) is 0 Å². The van der Waals surface area contributed by atoms with Crippen molar-refractivity contribution in [2.24, 2.45) is 5.73 Å². The van der Waals surface area contributed by atoms with E-state index < -0.39 is 25.5 Å². The van der Waals surface area contributed by atoms with Gasteiger partial charge in [0.05, 0.1) is 19.3 Å². The Bertz CT molecular complexity index is 806. The Morgan fingerprint density at radius 2 is 1.78 bits per heavy atom. The highest BCUT2D eigenvalue weighted by Crippen LogP contribution is 2.40. The van der Waals surface area contributed by atoms with Crippen LogP contribution in [0.5, 0.6) is 11.5 Å². The lowest BCUT2D eigenvalue weighted by atomic mass is 9.98. The Morgan fingerprint density at radius 1 is 1.19 bits per heavy atom. The lowest BCUT2D eigenvalue weighted by Gasteiger charge is -2.34. The highest BCUT2D eigenvalue weighted by Gasteiger charge is 2.37. The number of aldehydes is 1. The number of carbonyl (C=O) groups excluding carboxylic acids is 1. The van der Waals surface area contributed by atoms with Crippen LogP contribution in [-0.4, -0.2) is 40.5 Å². The second-order valence-corrected chi connectivity index (χ2v) is 7.93. The first-order chi connectivity index (χ1) is 12.6. The minimum Gasteiger partial charge on any atom is -0.508 e. The van der Waals surface area contributed by atoms with Gasteiger partial charge < -0.3 is 30.2 Å². The predicted octanol–water partition coefficient (Wildman–Crippen LogP) is 1.09. The molecule has 9 heteroatoms. The monoisotopic (exact) mass is 394 g/mol. The van der Waals surface area contributed by atoms with Crippen molar-refractivity contribution in [3.05, 3.63) is 59.7 Å². The van der Waals surface area contributed by atoms with Crippen molar-refractivity contribution in [1.29, 1.82) is 0 Å². The number of hydrogen-bond acceptors (Lipinski definition) is 6. The molecule has 2 aromatic carbocycles. The number of phenols is 1. The average molecular weight is 394 g/mol. The largest absolute Gasteiger partial charge is 0.508 e. The minimum absolute atomic E-state index is 0.0993. The van der Waals surface area contributed by atoms with Crippen LogP contribution in [0.4, 0.5) is 0 Å². The first kappa shape index (κ1) is 21.1. The third-order valence-electron chi connectivity index (χ3n) is 4.06. The van der Waals surface area contributed by atoms with Crippen LogP contribution >= 0.6 is 7.60 Å². The normalized spacial score (nSPS) is 15.0. The van der Waals surface area contributed by atoms with Crippen molar-refractivity contribution < 1.29 is 29.0 Å². The van der Waals surface area contributed by atoms with E-state index in [9.17, 15) is 24.3 Å². The van der Waals surface area contributed by atoms with Gasteiger partial charge in [0.25, 0.3) is 0 Å². The molecular formula is C18H23N2O6P. The van der Waals surface area contributed by atoms with Gasteiger partial charge in [0, 0.05) is 0 Å². The molecule has 0 amide bonds. The molecule has 2 atom stereocenters. The fourth-order valence-electron chi connectivity index (χ4n) is 2.78. The second kappa shape index (κ2) is 8.65. The summed E-state index contributed by atoms with van der Waals surface area (Å²) < 4.78 is 16.7. The van der Waals surface area contributed by atoms with Gasteiger partial charge in [-0.25, -0.2) is 0 Å².